The first-order valence-corrected chi connectivity index (χ1v) is 7.10. The maximum atomic E-state index is 10.9. The number of nitrogens with zero attached hydrogens (tertiary/aromatic N) is 1. The van der Waals surface area contributed by atoms with Crippen LogP contribution in [0.1, 0.15) is 49.4 Å². The molecule has 0 heterocycles. The van der Waals surface area contributed by atoms with E-state index in [9.17, 15) is 4.79 Å². The van der Waals surface area contributed by atoms with Gasteiger partial charge in [-0.3, -0.25) is 9.69 Å². The van der Waals surface area contributed by atoms with Crippen molar-refractivity contribution in [3.05, 3.63) is 34.9 Å². The van der Waals surface area contributed by atoms with Crippen molar-refractivity contribution in [3.8, 4) is 0 Å². The van der Waals surface area contributed by atoms with Gasteiger partial charge in [0.1, 0.15) is 0 Å². The average Bonchev–Trinajstić information content (AvgIpc) is 2.72. The van der Waals surface area contributed by atoms with Gasteiger partial charge in [-0.2, -0.15) is 0 Å². The summed E-state index contributed by atoms with van der Waals surface area (Å²) in [5.74, 6) is -0.714. The second-order valence-corrected chi connectivity index (χ2v) is 5.53. The maximum absolute atomic E-state index is 10.9. The molecule has 104 valence electrons. The number of fused-ring (bicyclic) bond motifs is 1. The second kappa shape index (κ2) is 5.74. The van der Waals surface area contributed by atoms with E-state index < -0.39 is 5.97 Å². The van der Waals surface area contributed by atoms with E-state index in [0.29, 0.717) is 6.04 Å². The quantitative estimate of drug-likeness (QED) is 0.885. The molecule has 1 aromatic rings. The van der Waals surface area contributed by atoms with Crippen LogP contribution in [-0.4, -0.2) is 28.6 Å². The highest BCUT2D eigenvalue weighted by atomic mass is 16.4. The Bertz CT molecular complexity index is 470. The molecule has 0 saturated heterocycles. The zero-order valence-corrected chi connectivity index (χ0v) is 12.0. The van der Waals surface area contributed by atoms with E-state index in [2.05, 4.69) is 36.9 Å². The Morgan fingerprint density at radius 3 is 2.89 bits per heavy atom. The molecule has 1 aromatic carbocycles. The first-order chi connectivity index (χ1) is 9.02. The fraction of sp³-hybridized carbons (Fsp3) is 0.562. The zero-order valence-electron chi connectivity index (χ0n) is 12.0. The summed E-state index contributed by atoms with van der Waals surface area (Å²) in [6.45, 7) is 7.15. The number of carboxylic acid groups (broad SMARTS) is 1. The van der Waals surface area contributed by atoms with Crippen LogP contribution >= 0.6 is 0 Å². The topological polar surface area (TPSA) is 40.5 Å². The Labute approximate surface area is 115 Å². The lowest BCUT2D eigenvalue weighted by Crippen LogP contribution is -2.37. The number of carboxylic acids is 1. The van der Waals surface area contributed by atoms with Crippen LogP contribution in [-0.2, 0) is 11.2 Å². The Hall–Kier alpha value is -1.35. The number of hydrogen-bond donors (Lipinski definition) is 1. The molecular weight excluding hydrogens is 238 g/mol. The number of benzene rings is 1. The van der Waals surface area contributed by atoms with Crippen molar-refractivity contribution in [1.29, 1.82) is 0 Å². The van der Waals surface area contributed by atoms with E-state index in [0.717, 1.165) is 19.4 Å². The van der Waals surface area contributed by atoms with Crippen LogP contribution < -0.4 is 0 Å². The summed E-state index contributed by atoms with van der Waals surface area (Å²) in [7, 11) is 0. The molecule has 0 saturated carbocycles. The molecule has 0 aromatic heterocycles. The average molecular weight is 261 g/mol. The predicted octanol–water partition coefficient (Wildman–Crippen LogP) is 3.17. The second-order valence-electron chi connectivity index (χ2n) is 5.53. The molecular formula is C16H23NO2. The minimum absolute atomic E-state index is 0.0824. The Balaban J connectivity index is 2.22. The molecule has 0 spiro atoms. The number of rotatable bonds is 5. The third-order valence-electron chi connectivity index (χ3n) is 4.15. The van der Waals surface area contributed by atoms with Crippen molar-refractivity contribution in [2.45, 2.75) is 52.1 Å². The highest BCUT2D eigenvalue weighted by Crippen LogP contribution is 2.37. The molecule has 2 unspecified atom stereocenters. The third-order valence-corrected chi connectivity index (χ3v) is 4.15. The van der Waals surface area contributed by atoms with Crippen LogP contribution in [0.25, 0.3) is 0 Å². The Morgan fingerprint density at radius 1 is 1.53 bits per heavy atom. The van der Waals surface area contributed by atoms with Gasteiger partial charge >= 0.3 is 5.97 Å². The standard InChI is InChI=1S/C16H23NO2/c1-4-17(12(3)10-16(18)19)15-8-7-13-6-5-11(2)9-14(13)15/h5-6,9,12,15H,4,7-8,10H2,1-3H3,(H,18,19). The minimum atomic E-state index is -0.714. The van der Waals surface area contributed by atoms with Crippen LogP contribution in [0.2, 0.25) is 0 Å². The largest absolute Gasteiger partial charge is 0.481 e. The van der Waals surface area contributed by atoms with Gasteiger partial charge in [0.15, 0.2) is 0 Å². The molecule has 0 fully saturated rings. The van der Waals surface area contributed by atoms with E-state index in [-0.39, 0.29) is 12.5 Å². The molecule has 19 heavy (non-hydrogen) atoms. The minimum Gasteiger partial charge on any atom is -0.481 e. The fourth-order valence-corrected chi connectivity index (χ4v) is 3.25. The molecule has 3 heteroatoms. The molecule has 3 nitrogen and oxygen atoms in total. The van der Waals surface area contributed by atoms with E-state index in [1.807, 2.05) is 6.92 Å². The normalized spacial score (nSPS) is 19.5. The van der Waals surface area contributed by atoms with E-state index in [1.165, 1.54) is 16.7 Å². The SMILES string of the molecule is CCN(C(C)CC(=O)O)C1CCc2ccc(C)cc21. The van der Waals surface area contributed by atoms with Crippen LogP contribution in [0.5, 0.6) is 0 Å². The van der Waals surface area contributed by atoms with Gasteiger partial charge in [-0.15, -0.1) is 0 Å². The lowest BCUT2D eigenvalue weighted by Gasteiger charge is -2.33. The lowest BCUT2D eigenvalue weighted by molar-refractivity contribution is -0.138. The van der Waals surface area contributed by atoms with Gasteiger partial charge in [-0.25, -0.2) is 0 Å². The highest BCUT2D eigenvalue weighted by molar-refractivity contribution is 5.67. The van der Waals surface area contributed by atoms with Crippen molar-refractivity contribution >= 4 is 5.97 Å². The molecule has 0 radical (unpaired) electrons. The number of hydrogen-bond acceptors (Lipinski definition) is 2. The monoisotopic (exact) mass is 261 g/mol. The van der Waals surface area contributed by atoms with Gasteiger partial charge in [0, 0.05) is 12.1 Å². The van der Waals surface area contributed by atoms with Crippen molar-refractivity contribution < 1.29 is 9.90 Å². The molecule has 1 aliphatic carbocycles. The van der Waals surface area contributed by atoms with Crippen LogP contribution in [0.4, 0.5) is 0 Å². The van der Waals surface area contributed by atoms with Crippen molar-refractivity contribution in [1.82, 2.24) is 4.90 Å². The molecule has 1 N–H and O–H groups in total. The molecule has 1 aliphatic rings. The number of aryl methyl sites for hydroxylation is 2. The summed E-state index contributed by atoms with van der Waals surface area (Å²) >= 11 is 0. The molecule has 2 rings (SSSR count). The van der Waals surface area contributed by atoms with Crippen molar-refractivity contribution in [2.75, 3.05) is 6.54 Å². The summed E-state index contributed by atoms with van der Waals surface area (Å²) in [5, 5.41) is 8.98. The first-order valence-electron chi connectivity index (χ1n) is 7.10. The van der Waals surface area contributed by atoms with Gasteiger partial charge in [-0.1, -0.05) is 30.7 Å². The summed E-state index contributed by atoms with van der Waals surface area (Å²) in [6, 6.07) is 7.12. The summed E-state index contributed by atoms with van der Waals surface area (Å²) in [4.78, 5) is 13.3. The van der Waals surface area contributed by atoms with Gasteiger partial charge in [-0.05, 0) is 44.4 Å². The van der Waals surface area contributed by atoms with Crippen molar-refractivity contribution in [2.24, 2.45) is 0 Å². The summed E-state index contributed by atoms with van der Waals surface area (Å²) < 4.78 is 0. The van der Waals surface area contributed by atoms with E-state index >= 15 is 0 Å². The smallest absolute Gasteiger partial charge is 0.304 e. The summed E-state index contributed by atoms with van der Waals surface area (Å²) in [5.41, 5.74) is 4.11. The van der Waals surface area contributed by atoms with Crippen LogP contribution in [0, 0.1) is 6.92 Å². The van der Waals surface area contributed by atoms with E-state index in [1.54, 1.807) is 0 Å². The van der Waals surface area contributed by atoms with Gasteiger partial charge in [0.2, 0.25) is 0 Å². The van der Waals surface area contributed by atoms with Gasteiger partial charge < -0.3 is 5.11 Å². The third kappa shape index (κ3) is 2.98. The Morgan fingerprint density at radius 2 is 2.26 bits per heavy atom. The highest BCUT2D eigenvalue weighted by Gasteiger charge is 2.30. The molecule has 0 bridgehead atoms. The number of aliphatic carboxylic acids is 1. The zero-order chi connectivity index (χ0) is 14.0. The van der Waals surface area contributed by atoms with Crippen LogP contribution in [0.3, 0.4) is 0 Å². The fourth-order valence-electron chi connectivity index (χ4n) is 3.25. The summed E-state index contributed by atoms with van der Waals surface area (Å²) in [6.07, 6.45) is 2.43. The first kappa shape index (κ1) is 14.1. The number of carbonyl (C=O) groups is 1. The predicted molar refractivity (Wildman–Crippen MR) is 76.3 cm³/mol. The lowest BCUT2D eigenvalue weighted by atomic mass is 10.0. The Kier molecular flexibility index (Phi) is 4.25. The molecule has 2 atom stereocenters. The van der Waals surface area contributed by atoms with Gasteiger partial charge in [0.25, 0.3) is 0 Å². The van der Waals surface area contributed by atoms with Crippen molar-refractivity contribution in [3.63, 3.8) is 0 Å². The van der Waals surface area contributed by atoms with Crippen LogP contribution in [0.15, 0.2) is 18.2 Å². The van der Waals surface area contributed by atoms with E-state index in [4.69, 9.17) is 5.11 Å². The molecule has 0 amide bonds. The maximum Gasteiger partial charge on any atom is 0.304 e. The van der Waals surface area contributed by atoms with Gasteiger partial charge in [0.05, 0.1) is 6.42 Å². The molecule has 0 aliphatic heterocycles.